The molecule has 11 heteroatoms. The van der Waals surface area contributed by atoms with Crippen LogP contribution in [-0.2, 0) is 28.9 Å². The molecule has 0 spiro atoms. The number of benzene rings is 2. The van der Waals surface area contributed by atoms with Crippen molar-refractivity contribution in [1.82, 2.24) is 0 Å². The lowest BCUT2D eigenvalue weighted by Gasteiger charge is -2.36. The smallest absolute Gasteiger partial charge is 0.355 e. The van der Waals surface area contributed by atoms with Crippen LogP contribution in [0.4, 0.5) is 10.1 Å². The Bertz CT molecular complexity index is 1380. The number of esters is 2. The first-order valence-corrected chi connectivity index (χ1v) is 11.6. The van der Waals surface area contributed by atoms with Crippen LogP contribution in [0.15, 0.2) is 76.1 Å². The minimum atomic E-state index is -3.79. The third-order valence-electron chi connectivity index (χ3n) is 5.20. The Hall–Kier alpha value is -4.17. The highest BCUT2D eigenvalue weighted by Crippen LogP contribution is 2.44. The number of sulfone groups is 1. The van der Waals surface area contributed by atoms with E-state index in [1.54, 1.807) is 30.3 Å². The third-order valence-corrected chi connectivity index (χ3v) is 6.31. The maximum Gasteiger partial charge on any atom is 0.355 e. The Morgan fingerprint density at radius 2 is 1.71 bits per heavy atom. The predicted octanol–water partition coefficient (Wildman–Crippen LogP) is 2.13. The molecule has 3 rings (SSSR count). The number of methoxy groups -OCH3 is 2. The standard InChI is InChI=1S/C23H20FN3O6S/c1-32-22(28)19-18(13-7-5-4-6-8-13)15(12-25)21(26)27(20(19)23(29)33-2)17-11-14(34(3,30)31)9-10-16(17)24/h4-11,18H,26H2,1-3H3. The molecule has 1 heterocycles. The van der Waals surface area contributed by atoms with Gasteiger partial charge in [0.25, 0.3) is 0 Å². The zero-order chi connectivity index (χ0) is 25.2. The summed E-state index contributed by atoms with van der Waals surface area (Å²) in [4.78, 5) is 26.5. The fourth-order valence-electron chi connectivity index (χ4n) is 3.66. The van der Waals surface area contributed by atoms with Gasteiger partial charge in [-0.15, -0.1) is 0 Å². The van der Waals surface area contributed by atoms with Crippen LogP contribution in [0.25, 0.3) is 0 Å². The summed E-state index contributed by atoms with van der Waals surface area (Å²) in [7, 11) is -1.66. The highest BCUT2D eigenvalue weighted by Gasteiger charge is 2.43. The molecule has 1 aliphatic rings. The molecule has 176 valence electrons. The topological polar surface area (TPSA) is 140 Å². The summed E-state index contributed by atoms with van der Waals surface area (Å²) in [5.74, 6) is -4.54. The van der Waals surface area contributed by atoms with Crippen LogP contribution in [0.5, 0.6) is 0 Å². The molecule has 0 aliphatic carbocycles. The number of hydrogen-bond donors (Lipinski definition) is 1. The number of nitriles is 1. The van der Waals surface area contributed by atoms with Crippen molar-refractivity contribution >= 4 is 27.5 Å². The van der Waals surface area contributed by atoms with Gasteiger partial charge in [-0.05, 0) is 23.8 Å². The van der Waals surface area contributed by atoms with Crippen LogP contribution < -0.4 is 10.6 Å². The molecule has 9 nitrogen and oxygen atoms in total. The Labute approximate surface area is 195 Å². The number of halogens is 1. The van der Waals surface area contributed by atoms with Gasteiger partial charge in [0.2, 0.25) is 0 Å². The van der Waals surface area contributed by atoms with Crippen molar-refractivity contribution in [1.29, 1.82) is 5.26 Å². The van der Waals surface area contributed by atoms with Crippen LogP contribution in [-0.4, -0.2) is 40.8 Å². The van der Waals surface area contributed by atoms with Gasteiger partial charge < -0.3 is 15.2 Å². The quantitative estimate of drug-likeness (QED) is 0.498. The summed E-state index contributed by atoms with van der Waals surface area (Å²) in [5.41, 5.74) is 5.24. The van der Waals surface area contributed by atoms with Gasteiger partial charge in [-0.2, -0.15) is 5.26 Å². The number of nitrogens with zero attached hydrogens (tertiary/aromatic N) is 2. The molecule has 0 fully saturated rings. The van der Waals surface area contributed by atoms with Crippen molar-refractivity contribution in [3.8, 4) is 6.07 Å². The number of rotatable bonds is 5. The van der Waals surface area contributed by atoms with E-state index in [9.17, 15) is 23.3 Å². The van der Waals surface area contributed by atoms with Crippen molar-refractivity contribution in [2.24, 2.45) is 5.73 Å². The van der Waals surface area contributed by atoms with E-state index in [1.165, 1.54) is 0 Å². The highest BCUT2D eigenvalue weighted by molar-refractivity contribution is 7.90. The number of carbonyl (C=O) groups excluding carboxylic acids is 2. The van der Waals surface area contributed by atoms with Crippen molar-refractivity contribution in [2.45, 2.75) is 10.8 Å². The van der Waals surface area contributed by atoms with Crippen molar-refractivity contribution in [3.63, 3.8) is 0 Å². The lowest BCUT2D eigenvalue weighted by molar-refractivity contribution is -0.139. The van der Waals surface area contributed by atoms with E-state index in [-0.39, 0.29) is 21.9 Å². The predicted molar refractivity (Wildman–Crippen MR) is 119 cm³/mol. The van der Waals surface area contributed by atoms with E-state index in [0.717, 1.165) is 43.6 Å². The molecule has 0 bridgehead atoms. The highest BCUT2D eigenvalue weighted by atomic mass is 32.2. The van der Waals surface area contributed by atoms with Crippen molar-refractivity contribution in [3.05, 3.63) is 82.6 Å². The molecular weight excluding hydrogens is 465 g/mol. The van der Waals surface area contributed by atoms with Gasteiger partial charge in [-0.3, -0.25) is 4.90 Å². The first-order chi connectivity index (χ1) is 16.1. The fraction of sp³-hybridized carbons (Fsp3) is 0.174. The van der Waals surface area contributed by atoms with E-state index in [4.69, 9.17) is 15.2 Å². The molecule has 0 saturated carbocycles. The Kier molecular flexibility index (Phi) is 6.74. The van der Waals surface area contributed by atoms with Crippen LogP contribution in [0.2, 0.25) is 0 Å². The number of anilines is 1. The lowest BCUT2D eigenvalue weighted by atomic mass is 9.81. The first kappa shape index (κ1) is 24.5. The zero-order valence-electron chi connectivity index (χ0n) is 18.4. The van der Waals surface area contributed by atoms with Gasteiger partial charge in [0, 0.05) is 6.26 Å². The van der Waals surface area contributed by atoms with Gasteiger partial charge in [0.1, 0.15) is 17.3 Å². The molecule has 0 amide bonds. The second kappa shape index (κ2) is 9.36. The Morgan fingerprint density at radius 3 is 2.24 bits per heavy atom. The number of ether oxygens (including phenoxy) is 2. The lowest BCUT2D eigenvalue weighted by Crippen LogP contribution is -2.41. The summed E-state index contributed by atoms with van der Waals surface area (Å²) in [5, 5.41) is 9.97. The third kappa shape index (κ3) is 4.23. The number of allylic oxidation sites excluding steroid dienone is 1. The fourth-order valence-corrected chi connectivity index (χ4v) is 4.30. The normalized spacial score (nSPS) is 16.2. The van der Waals surface area contributed by atoms with Crippen LogP contribution in [0.3, 0.4) is 0 Å². The van der Waals surface area contributed by atoms with Gasteiger partial charge in [-0.25, -0.2) is 22.4 Å². The van der Waals surface area contributed by atoms with Gasteiger partial charge >= 0.3 is 11.9 Å². The summed E-state index contributed by atoms with van der Waals surface area (Å²) in [6, 6.07) is 13.1. The minimum Gasteiger partial charge on any atom is -0.466 e. The minimum absolute atomic E-state index is 0.177. The molecule has 2 N–H and O–H groups in total. The second-order valence-corrected chi connectivity index (χ2v) is 9.24. The molecule has 2 aromatic rings. The van der Waals surface area contributed by atoms with E-state index >= 15 is 4.39 Å². The molecule has 2 aromatic carbocycles. The van der Waals surface area contributed by atoms with Gasteiger partial charge in [0.05, 0.1) is 47.9 Å². The van der Waals surface area contributed by atoms with Gasteiger partial charge in [-0.1, -0.05) is 30.3 Å². The Morgan fingerprint density at radius 1 is 1.09 bits per heavy atom. The average molecular weight is 485 g/mol. The summed E-state index contributed by atoms with van der Waals surface area (Å²) >= 11 is 0. The zero-order valence-corrected chi connectivity index (χ0v) is 19.2. The number of nitrogens with two attached hydrogens (primary N) is 1. The first-order valence-electron chi connectivity index (χ1n) is 9.72. The monoisotopic (exact) mass is 485 g/mol. The molecule has 1 aliphatic heterocycles. The summed E-state index contributed by atoms with van der Waals surface area (Å²) < 4.78 is 49.0. The Balaban J connectivity index is 2.48. The van der Waals surface area contributed by atoms with E-state index < -0.39 is 44.9 Å². The number of hydrogen-bond acceptors (Lipinski definition) is 9. The van der Waals surface area contributed by atoms with Crippen LogP contribution >= 0.6 is 0 Å². The summed E-state index contributed by atoms with van der Waals surface area (Å²) in [6.45, 7) is 0. The maximum atomic E-state index is 15.0. The molecule has 1 atom stereocenters. The molecule has 34 heavy (non-hydrogen) atoms. The van der Waals surface area contributed by atoms with Crippen molar-refractivity contribution < 1.29 is 31.9 Å². The summed E-state index contributed by atoms with van der Waals surface area (Å²) in [6.07, 6.45) is 0.919. The van der Waals surface area contributed by atoms with Crippen molar-refractivity contribution in [2.75, 3.05) is 25.4 Å². The average Bonchev–Trinajstić information content (AvgIpc) is 2.82. The van der Waals surface area contributed by atoms with E-state index in [0.29, 0.717) is 5.56 Å². The molecular formula is C23H20FN3O6S. The van der Waals surface area contributed by atoms with Gasteiger partial charge in [0.15, 0.2) is 9.84 Å². The molecule has 0 radical (unpaired) electrons. The molecule has 0 saturated heterocycles. The molecule has 1 unspecified atom stereocenters. The maximum absolute atomic E-state index is 15.0. The van der Waals surface area contributed by atoms with E-state index in [2.05, 4.69) is 0 Å². The van der Waals surface area contributed by atoms with Crippen LogP contribution in [0.1, 0.15) is 11.5 Å². The SMILES string of the molecule is COC(=O)C1=C(C(=O)OC)N(c2cc(S(C)(=O)=O)ccc2F)C(N)=C(C#N)C1c1ccccc1. The number of carbonyl (C=O) groups is 2. The van der Waals surface area contributed by atoms with Crippen LogP contribution in [0, 0.1) is 17.1 Å². The van der Waals surface area contributed by atoms with E-state index in [1.807, 2.05) is 6.07 Å². The largest absolute Gasteiger partial charge is 0.466 e. The molecule has 0 aromatic heterocycles. The second-order valence-electron chi connectivity index (χ2n) is 7.22.